The van der Waals surface area contributed by atoms with Crippen molar-refractivity contribution in [1.82, 2.24) is 9.97 Å². The molecule has 7 nitrogen and oxygen atoms in total. The number of aromatic nitrogens is 2. The molecule has 17 heavy (non-hydrogen) atoms. The highest BCUT2D eigenvalue weighted by molar-refractivity contribution is 5.69. The third kappa shape index (κ3) is 5.12. The average Bonchev–Trinajstić information content (AvgIpc) is 2.35. The molecule has 0 saturated heterocycles. The van der Waals surface area contributed by atoms with Crippen LogP contribution in [0.25, 0.3) is 0 Å². The second kappa shape index (κ2) is 7.39. The Morgan fingerprint density at radius 3 is 3.12 bits per heavy atom. The molecule has 1 heterocycles. The molecule has 0 radical (unpaired) electrons. The molecule has 0 atom stereocenters. The maximum absolute atomic E-state index is 11.1. The van der Waals surface area contributed by atoms with Gasteiger partial charge in [0, 0.05) is 19.2 Å². The number of nitrogens with zero attached hydrogens (tertiary/aromatic N) is 2. The van der Waals surface area contributed by atoms with Crippen molar-refractivity contribution in [2.24, 2.45) is 5.84 Å². The van der Waals surface area contributed by atoms with Crippen molar-refractivity contribution < 1.29 is 9.53 Å². The Balaban J connectivity index is 2.24. The van der Waals surface area contributed by atoms with Crippen LogP contribution in [0, 0.1) is 0 Å². The molecule has 0 aliphatic carbocycles. The minimum atomic E-state index is -0.179. The van der Waals surface area contributed by atoms with Crippen LogP contribution in [-0.4, -0.2) is 29.1 Å². The largest absolute Gasteiger partial charge is 0.466 e. The minimum absolute atomic E-state index is 0.179. The van der Waals surface area contributed by atoms with E-state index in [9.17, 15) is 4.79 Å². The number of hydrogen-bond donors (Lipinski definition) is 3. The lowest BCUT2D eigenvalue weighted by atomic mass is 10.3. The summed E-state index contributed by atoms with van der Waals surface area (Å²) in [4.78, 5) is 19.0. The van der Waals surface area contributed by atoms with Crippen molar-refractivity contribution in [3.8, 4) is 0 Å². The number of ether oxygens (including phenoxy) is 1. The van der Waals surface area contributed by atoms with Gasteiger partial charge in [-0.2, -0.15) is 4.98 Å². The average molecular weight is 239 g/mol. The van der Waals surface area contributed by atoms with Crippen molar-refractivity contribution in [3.63, 3.8) is 0 Å². The number of rotatable bonds is 7. The lowest BCUT2D eigenvalue weighted by molar-refractivity contribution is -0.143. The zero-order valence-electron chi connectivity index (χ0n) is 9.77. The van der Waals surface area contributed by atoms with E-state index in [2.05, 4.69) is 20.7 Å². The highest BCUT2D eigenvalue weighted by Gasteiger charge is 2.01. The summed E-state index contributed by atoms with van der Waals surface area (Å²) in [5.41, 5.74) is 2.36. The van der Waals surface area contributed by atoms with E-state index in [-0.39, 0.29) is 5.97 Å². The molecule has 0 aliphatic rings. The molecule has 1 aromatic heterocycles. The maximum atomic E-state index is 11.1. The van der Waals surface area contributed by atoms with Gasteiger partial charge < -0.3 is 10.1 Å². The van der Waals surface area contributed by atoms with Gasteiger partial charge in [-0.25, -0.2) is 10.8 Å². The summed E-state index contributed by atoms with van der Waals surface area (Å²) in [7, 11) is 0. The molecule has 4 N–H and O–H groups in total. The van der Waals surface area contributed by atoms with Crippen LogP contribution < -0.4 is 16.6 Å². The van der Waals surface area contributed by atoms with E-state index < -0.39 is 0 Å². The second-order valence-corrected chi connectivity index (χ2v) is 3.25. The molecule has 7 heteroatoms. The van der Waals surface area contributed by atoms with E-state index in [4.69, 9.17) is 10.6 Å². The Kier molecular flexibility index (Phi) is 5.73. The van der Waals surface area contributed by atoms with Crippen molar-refractivity contribution in [2.75, 3.05) is 23.9 Å². The number of carbonyl (C=O) groups is 1. The number of hydrazine groups is 1. The molecule has 0 saturated carbocycles. The van der Waals surface area contributed by atoms with Gasteiger partial charge in [0.25, 0.3) is 0 Å². The lowest BCUT2D eigenvalue weighted by Crippen LogP contribution is -2.12. The summed E-state index contributed by atoms with van der Waals surface area (Å²) < 4.78 is 4.81. The standard InChI is InChI=1S/C10H17N5O2/c1-2-17-9(16)4-3-6-12-8-5-7-13-10(14-8)15-11/h5,7H,2-4,6,11H2,1H3,(H2,12,13,14,15). The molecule has 0 amide bonds. The van der Waals surface area contributed by atoms with Gasteiger partial charge in [0.2, 0.25) is 5.95 Å². The normalized spacial score (nSPS) is 9.76. The maximum Gasteiger partial charge on any atom is 0.305 e. The molecule has 0 unspecified atom stereocenters. The van der Waals surface area contributed by atoms with Gasteiger partial charge in [-0.3, -0.25) is 10.2 Å². The quantitative estimate of drug-likeness (QED) is 0.276. The van der Waals surface area contributed by atoms with Crippen LogP contribution in [-0.2, 0) is 9.53 Å². The molecule has 0 aliphatic heterocycles. The fourth-order valence-corrected chi connectivity index (χ4v) is 1.21. The molecule has 1 aromatic rings. The third-order valence-corrected chi connectivity index (χ3v) is 1.95. The van der Waals surface area contributed by atoms with Crippen molar-refractivity contribution in [3.05, 3.63) is 12.3 Å². The van der Waals surface area contributed by atoms with Crippen LogP contribution in [0.15, 0.2) is 12.3 Å². The smallest absolute Gasteiger partial charge is 0.305 e. The monoisotopic (exact) mass is 239 g/mol. The van der Waals surface area contributed by atoms with Crippen LogP contribution >= 0.6 is 0 Å². The fourth-order valence-electron chi connectivity index (χ4n) is 1.21. The molecule has 0 aromatic carbocycles. The molecule has 0 spiro atoms. The summed E-state index contributed by atoms with van der Waals surface area (Å²) in [6.07, 6.45) is 2.68. The van der Waals surface area contributed by atoms with Crippen LogP contribution in [0.1, 0.15) is 19.8 Å². The number of nitrogens with one attached hydrogen (secondary N) is 2. The highest BCUT2D eigenvalue weighted by Crippen LogP contribution is 2.04. The third-order valence-electron chi connectivity index (χ3n) is 1.95. The Morgan fingerprint density at radius 2 is 2.41 bits per heavy atom. The van der Waals surface area contributed by atoms with Crippen LogP contribution in [0.2, 0.25) is 0 Å². The molecule has 1 rings (SSSR count). The first-order valence-corrected chi connectivity index (χ1v) is 5.45. The number of carbonyl (C=O) groups excluding carboxylic acids is 1. The summed E-state index contributed by atoms with van der Waals surface area (Å²) >= 11 is 0. The first kappa shape index (κ1) is 13.2. The van der Waals surface area contributed by atoms with Crippen LogP contribution in [0.3, 0.4) is 0 Å². The number of hydrogen-bond acceptors (Lipinski definition) is 7. The SMILES string of the molecule is CCOC(=O)CCCNc1ccnc(NN)n1. The van der Waals surface area contributed by atoms with Gasteiger partial charge in [0.1, 0.15) is 5.82 Å². The van der Waals surface area contributed by atoms with E-state index in [0.717, 1.165) is 0 Å². The summed E-state index contributed by atoms with van der Waals surface area (Å²) in [6.45, 7) is 2.85. The van der Waals surface area contributed by atoms with E-state index >= 15 is 0 Å². The van der Waals surface area contributed by atoms with Crippen LogP contribution in [0.4, 0.5) is 11.8 Å². The van der Waals surface area contributed by atoms with E-state index in [1.54, 1.807) is 19.2 Å². The van der Waals surface area contributed by atoms with Crippen molar-refractivity contribution in [1.29, 1.82) is 0 Å². The number of anilines is 2. The Bertz CT molecular complexity index is 358. The van der Waals surface area contributed by atoms with Gasteiger partial charge in [0.15, 0.2) is 0 Å². The summed E-state index contributed by atoms with van der Waals surface area (Å²) in [5, 5.41) is 3.06. The number of nitrogens with two attached hydrogens (primary N) is 1. The van der Waals surface area contributed by atoms with Gasteiger partial charge in [-0.1, -0.05) is 0 Å². The summed E-state index contributed by atoms with van der Waals surface area (Å²) in [6, 6.07) is 1.73. The zero-order chi connectivity index (χ0) is 12.5. The minimum Gasteiger partial charge on any atom is -0.466 e. The van der Waals surface area contributed by atoms with Gasteiger partial charge in [0.05, 0.1) is 6.61 Å². The summed E-state index contributed by atoms with van der Waals surface area (Å²) in [5.74, 6) is 6.01. The van der Waals surface area contributed by atoms with Crippen LogP contribution in [0.5, 0.6) is 0 Å². The Labute approximate surface area is 99.7 Å². The molecule has 0 fully saturated rings. The molecular formula is C10H17N5O2. The first-order valence-electron chi connectivity index (χ1n) is 5.45. The van der Waals surface area contributed by atoms with Gasteiger partial charge in [-0.05, 0) is 19.4 Å². The molecule has 0 bridgehead atoms. The first-order chi connectivity index (χ1) is 8.26. The lowest BCUT2D eigenvalue weighted by Gasteiger charge is -2.06. The van der Waals surface area contributed by atoms with Crippen molar-refractivity contribution in [2.45, 2.75) is 19.8 Å². The zero-order valence-corrected chi connectivity index (χ0v) is 9.77. The van der Waals surface area contributed by atoms with E-state index in [0.29, 0.717) is 37.8 Å². The van der Waals surface area contributed by atoms with Gasteiger partial charge >= 0.3 is 5.97 Å². The number of nitrogen functional groups attached to an aromatic ring is 1. The Hall–Kier alpha value is -1.89. The predicted molar refractivity (Wildman–Crippen MR) is 64.2 cm³/mol. The molecule has 94 valence electrons. The fraction of sp³-hybridized carbons (Fsp3) is 0.500. The Morgan fingerprint density at radius 1 is 1.59 bits per heavy atom. The van der Waals surface area contributed by atoms with Crippen molar-refractivity contribution >= 4 is 17.7 Å². The topological polar surface area (TPSA) is 102 Å². The van der Waals surface area contributed by atoms with E-state index in [1.807, 2.05) is 0 Å². The second-order valence-electron chi connectivity index (χ2n) is 3.25. The van der Waals surface area contributed by atoms with E-state index in [1.165, 1.54) is 0 Å². The number of esters is 1. The highest BCUT2D eigenvalue weighted by atomic mass is 16.5. The molecular weight excluding hydrogens is 222 g/mol. The predicted octanol–water partition coefficient (Wildman–Crippen LogP) is 0.517. The van der Waals surface area contributed by atoms with Gasteiger partial charge in [-0.15, -0.1) is 0 Å².